The van der Waals surface area contributed by atoms with Crippen molar-refractivity contribution in [2.75, 3.05) is 43.5 Å². The normalized spacial score (nSPS) is 18.6. The van der Waals surface area contributed by atoms with E-state index in [0.29, 0.717) is 49.5 Å². The van der Waals surface area contributed by atoms with Crippen LogP contribution in [0.1, 0.15) is 35.6 Å². The summed E-state index contributed by atoms with van der Waals surface area (Å²) < 4.78 is 20.6. The molecule has 2 fully saturated rings. The second-order valence-corrected chi connectivity index (χ2v) is 9.85. The number of likely N-dealkylation sites (tertiary alicyclic amines) is 1. The maximum atomic E-state index is 15.2. The Kier molecular flexibility index (Phi) is 7.54. The van der Waals surface area contributed by atoms with Gasteiger partial charge in [0.05, 0.1) is 25.1 Å². The van der Waals surface area contributed by atoms with Crippen LogP contribution in [-0.2, 0) is 9.53 Å². The molecule has 0 saturated carbocycles. The number of carbonyl (C=O) groups excluding carboxylic acids is 1. The Labute approximate surface area is 219 Å². The molecule has 1 unspecified atom stereocenters. The number of carbonyl (C=O) groups is 1. The summed E-state index contributed by atoms with van der Waals surface area (Å²) >= 11 is 6.23. The maximum absolute atomic E-state index is 15.2. The predicted octanol–water partition coefficient (Wildman–Crippen LogP) is 3.79. The number of nitrogens with one attached hydrogen (secondary N) is 4. The van der Waals surface area contributed by atoms with Gasteiger partial charge in [-0.15, -0.1) is 0 Å². The van der Waals surface area contributed by atoms with Gasteiger partial charge in [-0.1, -0.05) is 11.6 Å². The lowest BCUT2D eigenvalue weighted by Gasteiger charge is -2.36. The Hall–Kier alpha value is -3.28. The molecule has 196 valence electrons. The molecule has 0 radical (unpaired) electrons. The summed E-state index contributed by atoms with van der Waals surface area (Å²) in [6.45, 7) is 6.88. The number of aromatic nitrogens is 4. The number of aryl methyl sites for hydroxylation is 2. The summed E-state index contributed by atoms with van der Waals surface area (Å²) in [6, 6.07) is 4.89. The SMILES string of the molecule is Cc1cc(Nc2nc(Nc3cc(C)c(C4CCN(C(=O)C5COCCN5)CC4)cc3F)ncc2Cl)n[nH]1. The molecule has 4 N–H and O–H groups in total. The van der Waals surface area contributed by atoms with Crippen molar-refractivity contribution in [3.63, 3.8) is 0 Å². The fraction of sp³-hybridized carbons (Fsp3) is 0.440. The summed E-state index contributed by atoms with van der Waals surface area (Å²) in [5.41, 5.74) is 3.09. The third-order valence-electron chi connectivity index (χ3n) is 6.76. The van der Waals surface area contributed by atoms with Crippen molar-refractivity contribution in [3.05, 3.63) is 52.1 Å². The standard InChI is InChI=1S/C25H30ClFN8O2/c1-14-9-20(30-25-29-12-18(26)23(32-25)31-22-10-15(2)33-34-22)19(27)11-17(14)16-3-6-35(7-4-16)24(36)21-13-37-8-5-28-21/h9-12,16,21,28H,3-8,13H2,1-2H3,(H3,29,30,31,32,33,34). The van der Waals surface area contributed by atoms with Gasteiger partial charge in [0.1, 0.15) is 16.9 Å². The van der Waals surface area contributed by atoms with Crippen molar-refractivity contribution in [3.8, 4) is 0 Å². The fourth-order valence-electron chi connectivity index (χ4n) is 4.83. The molecule has 0 aliphatic carbocycles. The van der Waals surface area contributed by atoms with Gasteiger partial charge in [0.2, 0.25) is 11.9 Å². The molecule has 2 aromatic heterocycles. The lowest BCUT2D eigenvalue weighted by atomic mass is 9.86. The van der Waals surface area contributed by atoms with E-state index in [2.05, 4.69) is 36.1 Å². The molecule has 2 aliphatic heterocycles. The largest absolute Gasteiger partial charge is 0.378 e. The molecule has 12 heteroatoms. The smallest absolute Gasteiger partial charge is 0.242 e. The van der Waals surface area contributed by atoms with Crippen LogP contribution in [0.4, 0.5) is 27.7 Å². The summed E-state index contributed by atoms with van der Waals surface area (Å²) in [5, 5.41) is 16.5. The molecular weight excluding hydrogens is 499 g/mol. The Morgan fingerprint density at radius 2 is 2.03 bits per heavy atom. The number of halogens is 2. The summed E-state index contributed by atoms with van der Waals surface area (Å²) in [4.78, 5) is 23.2. The van der Waals surface area contributed by atoms with E-state index in [-0.39, 0.29) is 29.5 Å². The van der Waals surface area contributed by atoms with Gasteiger partial charge in [-0.3, -0.25) is 9.89 Å². The lowest BCUT2D eigenvalue weighted by Crippen LogP contribution is -2.53. The summed E-state index contributed by atoms with van der Waals surface area (Å²) in [7, 11) is 0. The number of hydrogen-bond acceptors (Lipinski definition) is 8. The van der Waals surface area contributed by atoms with Gasteiger partial charge in [0.25, 0.3) is 0 Å². The zero-order valence-electron chi connectivity index (χ0n) is 20.8. The van der Waals surface area contributed by atoms with Crippen LogP contribution in [0.3, 0.4) is 0 Å². The van der Waals surface area contributed by atoms with Crippen molar-refractivity contribution < 1.29 is 13.9 Å². The number of anilines is 4. The minimum Gasteiger partial charge on any atom is -0.378 e. The van der Waals surface area contributed by atoms with Crippen LogP contribution in [0.2, 0.25) is 5.02 Å². The quantitative estimate of drug-likeness (QED) is 0.381. The number of benzene rings is 1. The number of piperidine rings is 1. The first kappa shape index (κ1) is 25.4. The van der Waals surface area contributed by atoms with Gasteiger partial charge < -0.3 is 25.6 Å². The summed E-state index contributed by atoms with van der Waals surface area (Å²) in [6.07, 6.45) is 3.02. The van der Waals surface area contributed by atoms with Gasteiger partial charge in [0, 0.05) is 31.4 Å². The first-order valence-electron chi connectivity index (χ1n) is 12.4. The van der Waals surface area contributed by atoms with Crippen LogP contribution in [0.5, 0.6) is 0 Å². The number of morpholine rings is 1. The van der Waals surface area contributed by atoms with Crippen LogP contribution in [0.25, 0.3) is 0 Å². The molecule has 4 heterocycles. The minimum absolute atomic E-state index is 0.0832. The Morgan fingerprint density at radius 1 is 1.22 bits per heavy atom. The highest BCUT2D eigenvalue weighted by molar-refractivity contribution is 6.32. The molecule has 2 saturated heterocycles. The zero-order valence-corrected chi connectivity index (χ0v) is 21.5. The Bertz CT molecular complexity index is 1270. The number of amides is 1. The van der Waals surface area contributed by atoms with E-state index < -0.39 is 5.82 Å². The van der Waals surface area contributed by atoms with Crippen molar-refractivity contribution >= 4 is 40.8 Å². The van der Waals surface area contributed by atoms with E-state index >= 15 is 4.39 Å². The fourth-order valence-corrected chi connectivity index (χ4v) is 4.96. The highest BCUT2D eigenvalue weighted by Gasteiger charge is 2.30. The van der Waals surface area contributed by atoms with E-state index in [1.54, 1.807) is 12.1 Å². The first-order valence-corrected chi connectivity index (χ1v) is 12.7. The van der Waals surface area contributed by atoms with E-state index in [0.717, 1.165) is 29.7 Å². The van der Waals surface area contributed by atoms with Crippen LogP contribution < -0.4 is 16.0 Å². The number of H-pyrrole nitrogens is 1. The predicted molar refractivity (Wildman–Crippen MR) is 139 cm³/mol. The van der Waals surface area contributed by atoms with Crippen LogP contribution >= 0.6 is 11.6 Å². The maximum Gasteiger partial charge on any atom is 0.242 e. The topological polar surface area (TPSA) is 120 Å². The minimum atomic E-state index is -0.390. The first-order chi connectivity index (χ1) is 17.9. The average Bonchev–Trinajstić information content (AvgIpc) is 3.32. The molecule has 1 atom stereocenters. The van der Waals surface area contributed by atoms with Crippen molar-refractivity contribution in [1.29, 1.82) is 0 Å². The second kappa shape index (κ2) is 11.0. The van der Waals surface area contributed by atoms with Crippen LogP contribution in [-0.4, -0.2) is 69.9 Å². The third kappa shape index (κ3) is 5.84. The number of ether oxygens (including phenoxy) is 1. The van der Waals surface area contributed by atoms with E-state index in [1.165, 1.54) is 6.20 Å². The van der Waals surface area contributed by atoms with Crippen molar-refractivity contribution in [2.24, 2.45) is 0 Å². The molecule has 5 rings (SSSR count). The second-order valence-electron chi connectivity index (χ2n) is 9.45. The molecule has 1 aromatic carbocycles. The molecular formula is C25H30ClFN8O2. The number of aromatic amines is 1. The molecule has 1 amide bonds. The number of rotatable bonds is 6. The van der Waals surface area contributed by atoms with Gasteiger partial charge in [-0.25, -0.2) is 9.37 Å². The van der Waals surface area contributed by atoms with Gasteiger partial charge in [0.15, 0.2) is 11.6 Å². The highest BCUT2D eigenvalue weighted by atomic mass is 35.5. The van der Waals surface area contributed by atoms with Crippen molar-refractivity contribution in [2.45, 2.75) is 38.6 Å². The summed E-state index contributed by atoms with van der Waals surface area (Å²) in [5.74, 6) is 1.00. The lowest BCUT2D eigenvalue weighted by molar-refractivity contribution is -0.137. The van der Waals surface area contributed by atoms with Gasteiger partial charge >= 0.3 is 0 Å². The van der Waals surface area contributed by atoms with Crippen LogP contribution in [0.15, 0.2) is 24.4 Å². The molecule has 2 aliphatic rings. The Balaban J connectivity index is 1.24. The third-order valence-corrected chi connectivity index (χ3v) is 7.04. The van der Waals surface area contributed by atoms with Crippen molar-refractivity contribution in [1.82, 2.24) is 30.4 Å². The van der Waals surface area contributed by atoms with E-state index in [9.17, 15) is 4.79 Å². The van der Waals surface area contributed by atoms with Gasteiger partial charge in [-0.2, -0.15) is 10.1 Å². The molecule has 10 nitrogen and oxygen atoms in total. The zero-order chi connectivity index (χ0) is 25.9. The average molecular weight is 529 g/mol. The molecule has 0 bridgehead atoms. The molecule has 3 aromatic rings. The van der Waals surface area contributed by atoms with Crippen LogP contribution in [0, 0.1) is 19.7 Å². The Morgan fingerprint density at radius 3 is 2.73 bits per heavy atom. The highest BCUT2D eigenvalue weighted by Crippen LogP contribution is 2.34. The monoisotopic (exact) mass is 528 g/mol. The van der Waals surface area contributed by atoms with E-state index in [4.69, 9.17) is 16.3 Å². The molecule has 0 spiro atoms. The molecule has 37 heavy (non-hydrogen) atoms. The van der Waals surface area contributed by atoms with Gasteiger partial charge in [-0.05, 0) is 55.9 Å². The van der Waals surface area contributed by atoms with E-state index in [1.807, 2.05) is 24.8 Å². The number of nitrogens with zero attached hydrogens (tertiary/aromatic N) is 4. The number of hydrogen-bond donors (Lipinski definition) is 4.